The van der Waals surface area contributed by atoms with Gasteiger partial charge >= 0.3 is 6.09 Å². The summed E-state index contributed by atoms with van der Waals surface area (Å²) >= 11 is 0. The predicted molar refractivity (Wildman–Crippen MR) is 80.4 cm³/mol. The fourth-order valence-electron chi connectivity index (χ4n) is 3.05. The molecule has 1 atom stereocenters. The summed E-state index contributed by atoms with van der Waals surface area (Å²) in [5.74, 6) is 0. The molecule has 0 spiro atoms. The van der Waals surface area contributed by atoms with Crippen molar-refractivity contribution in [2.24, 2.45) is 0 Å². The second-order valence-corrected chi connectivity index (χ2v) is 5.88. The molecule has 0 bridgehead atoms. The molecule has 3 rings (SSSR count). The van der Waals surface area contributed by atoms with Gasteiger partial charge in [-0.25, -0.2) is 4.79 Å². The minimum Gasteiger partial charge on any atom is -0.448 e. The first-order chi connectivity index (χ1) is 10.8. The van der Waals surface area contributed by atoms with E-state index in [4.69, 9.17) is 9.47 Å². The van der Waals surface area contributed by atoms with Gasteiger partial charge in [-0.1, -0.05) is 6.42 Å². The highest BCUT2D eigenvalue weighted by Gasteiger charge is 2.25. The number of morpholine rings is 1. The van der Waals surface area contributed by atoms with E-state index in [-0.39, 0.29) is 6.09 Å². The number of nitrogens with zero attached hydrogens (tertiary/aromatic N) is 3. The maximum absolute atomic E-state index is 12.1. The summed E-state index contributed by atoms with van der Waals surface area (Å²) < 4.78 is 10.8. The minimum atomic E-state index is -0.213. The van der Waals surface area contributed by atoms with Crippen LogP contribution in [-0.2, 0) is 16.0 Å². The number of hydrogen-bond acceptors (Lipinski definition) is 5. The van der Waals surface area contributed by atoms with E-state index in [0.29, 0.717) is 39.0 Å². The van der Waals surface area contributed by atoms with Crippen LogP contribution >= 0.6 is 0 Å². The van der Waals surface area contributed by atoms with Crippen molar-refractivity contribution in [2.45, 2.75) is 31.8 Å². The number of aromatic amines is 1. The number of amides is 1. The average molecular weight is 308 g/mol. The Bertz CT molecular complexity index is 459. The van der Waals surface area contributed by atoms with E-state index >= 15 is 0 Å². The van der Waals surface area contributed by atoms with Crippen molar-refractivity contribution < 1.29 is 14.3 Å². The van der Waals surface area contributed by atoms with Gasteiger partial charge in [-0.05, 0) is 25.5 Å². The first-order valence-electron chi connectivity index (χ1n) is 8.04. The number of piperidine rings is 1. The monoisotopic (exact) mass is 308 g/mol. The highest BCUT2D eigenvalue weighted by molar-refractivity contribution is 5.67. The zero-order valence-electron chi connectivity index (χ0n) is 12.9. The van der Waals surface area contributed by atoms with Gasteiger partial charge in [-0.15, -0.1) is 0 Å². The van der Waals surface area contributed by atoms with Crippen molar-refractivity contribution in [3.05, 3.63) is 18.0 Å². The van der Waals surface area contributed by atoms with Crippen LogP contribution in [0.3, 0.4) is 0 Å². The van der Waals surface area contributed by atoms with Crippen LogP contribution < -0.4 is 0 Å². The molecule has 1 unspecified atom stereocenters. The van der Waals surface area contributed by atoms with Crippen LogP contribution in [0.25, 0.3) is 0 Å². The third-order valence-corrected chi connectivity index (χ3v) is 4.35. The predicted octanol–water partition coefficient (Wildman–Crippen LogP) is 1.23. The van der Waals surface area contributed by atoms with Gasteiger partial charge in [0, 0.05) is 37.6 Å². The summed E-state index contributed by atoms with van der Waals surface area (Å²) in [6.45, 7) is 4.79. The van der Waals surface area contributed by atoms with E-state index in [1.807, 2.05) is 6.07 Å². The zero-order valence-corrected chi connectivity index (χ0v) is 12.9. The molecule has 1 aromatic heterocycles. The SMILES string of the molecule is O=C(OCC1CCCCN1Cc1ccn[nH]1)N1CCOCC1. The van der Waals surface area contributed by atoms with Gasteiger partial charge in [-0.2, -0.15) is 5.10 Å². The molecule has 2 aliphatic rings. The van der Waals surface area contributed by atoms with Crippen molar-refractivity contribution in [2.75, 3.05) is 39.5 Å². The first-order valence-corrected chi connectivity index (χ1v) is 8.04. The van der Waals surface area contributed by atoms with Gasteiger partial charge in [0.2, 0.25) is 0 Å². The Morgan fingerprint density at radius 2 is 2.23 bits per heavy atom. The molecular formula is C15H24N4O3. The van der Waals surface area contributed by atoms with Gasteiger partial charge < -0.3 is 14.4 Å². The van der Waals surface area contributed by atoms with E-state index < -0.39 is 0 Å². The summed E-state index contributed by atoms with van der Waals surface area (Å²) in [7, 11) is 0. The Hall–Kier alpha value is -1.60. The standard InChI is InChI=1S/C15H24N4O3/c20-15(18-7-9-21-10-8-18)22-12-14-3-1-2-6-19(14)11-13-4-5-16-17-13/h4-5,14H,1-3,6-12H2,(H,16,17). The van der Waals surface area contributed by atoms with Crippen molar-refractivity contribution in [3.63, 3.8) is 0 Å². The molecule has 3 heterocycles. The van der Waals surface area contributed by atoms with Crippen LogP contribution in [0.15, 0.2) is 12.3 Å². The quantitative estimate of drug-likeness (QED) is 0.906. The minimum absolute atomic E-state index is 0.213. The molecule has 0 radical (unpaired) electrons. The molecule has 0 saturated carbocycles. The topological polar surface area (TPSA) is 70.7 Å². The maximum Gasteiger partial charge on any atom is 0.409 e. The molecule has 7 nitrogen and oxygen atoms in total. The van der Waals surface area contributed by atoms with E-state index in [1.54, 1.807) is 11.1 Å². The van der Waals surface area contributed by atoms with E-state index in [0.717, 1.165) is 25.2 Å². The second-order valence-electron chi connectivity index (χ2n) is 5.88. The third kappa shape index (κ3) is 3.98. The lowest BCUT2D eigenvalue weighted by molar-refractivity contribution is 0.0117. The van der Waals surface area contributed by atoms with Gasteiger partial charge in [-0.3, -0.25) is 10.00 Å². The maximum atomic E-state index is 12.1. The van der Waals surface area contributed by atoms with Crippen LogP contribution in [0.4, 0.5) is 4.79 Å². The van der Waals surface area contributed by atoms with Crippen LogP contribution in [0.5, 0.6) is 0 Å². The van der Waals surface area contributed by atoms with Crippen LogP contribution in [0.2, 0.25) is 0 Å². The van der Waals surface area contributed by atoms with Crippen molar-refractivity contribution in [1.82, 2.24) is 20.0 Å². The number of nitrogens with one attached hydrogen (secondary N) is 1. The van der Waals surface area contributed by atoms with Crippen molar-refractivity contribution in [3.8, 4) is 0 Å². The Kier molecular flexibility index (Phi) is 5.29. The molecule has 1 aromatic rings. The van der Waals surface area contributed by atoms with Crippen molar-refractivity contribution >= 4 is 6.09 Å². The molecular weight excluding hydrogens is 284 g/mol. The Morgan fingerprint density at radius 1 is 1.36 bits per heavy atom. The van der Waals surface area contributed by atoms with Gasteiger partial charge in [0.05, 0.1) is 13.2 Å². The Balaban J connectivity index is 1.49. The number of carbonyl (C=O) groups excluding carboxylic acids is 1. The van der Waals surface area contributed by atoms with Crippen LogP contribution in [0.1, 0.15) is 25.0 Å². The molecule has 2 saturated heterocycles. The molecule has 0 aliphatic carbocycles. The molecule has 2 aliphatic heterocycles. The van der Waals surface area contributed by atoms with Gasteiger partial charge in [0.25, 0.3) is 0 Å². The smallest absolute Gasteiger partial charge is 0.409 e. The lowest BCUT2D eigenvalue weighted by Gasteiger charge is -2.35. The molecule has 22 heavy (non-hydrogen) atoms. The lowest BCUT2D eigenvalue weighted by Crippen LogP contribution is -2.45. The Morgan fingerprint density at radius 3 is 3.00 bits per heavy atom. The summed E-state index contributed by atoms with van der Waals surface area (Å²) in [6, 6.07) is 2.29. The fourth-order valence-corrected chi connectivity index (χ4v) is 3.05. The molecule has 1 N–H and O–H groups in total. The number of hydrogen-bond donors (Lipinski definition) is 1. The summed E-state index contributed by atoms with van der Waals surface area (Å²) in [6.07, 6.45) is 5.02. The molecule has 122 valence electrons. The van der Waals surface area contributed by atoms with E-state index in [1.165, 1.54) is 12.8 Å². The van der Waals surface area contributed by atoms with Gasteiger partial charge in [0.1, 0.15) is 6.61 Å². The number of ether oxygens (including phenoxy) is 2. The zero-order chi connectivity index (χ0) is 15.2. The van der Waals surface area contributed by atoms with Crippen LogP contribution in [0, 0.1) is 0 Å². The molecule has 7 heteroatoms. The summed E-state index contributed by atoms with van der Waals surface area (Å²) in [5, 5.41) is 6.99. The van der Waals surface area contributed by atoms with E-state index in [2.05, 4.69) is 15.1 Å². The highest BCUT2D eigenvalue weighted by Crippen LogP contribution is 2.19. The summed E-state index contributed by atoms with van der Waals surface area (Å²) in [4.78, 5) is 16.2. The number of H-pyrrole nitrogens is 1. The molecule has 0 aromatic carbocycles. The van der Waals surface area contributed by atoms with E-state index in [9.17, 15) is 4.79 Å². The largest absolute Gasteiger partial charge is 0.448 e. The normalized spacial score (nSPS) is 23.5. The lowest BCUT2D eigenvalue weighted by atomic mass is 10.0. The third-order valence-electron chi connectivity index (χ3n) is 4.35. The van der Waals surface area contributed by atoms with Crippen molar-refractivity contribution in [1.29, 1.82) is 0 Å². The molecule has 1 amide bonds. The second kappa shape index (κ2) is 7.60. The fraction of sp³-hybridized carbons (Fsp3) is 0.733. The molecule has 2 fully saturated rings. The average Bonchev–Trinajstić information content (AvgIpc) is 3.07. The number of aromatic nitrogens is 2. The number of rotatable bonds is 4. The first kappa shape index (κ1) is 15.3. The number of carbonyl (C=O) groups is 1. The van der Waals surface area contributed by atoms with Crippen LogP contribution in [-0.4, -0.2) is 71.6 Å². The summed E-state index contributed by atoms with van der Waals surface area (Å²) in [5.41, 5.74) is 1.10. The highest BCUT2D eigenvalue weighted by atomic mass is 16.6. The van der Waals surface area contributed by atoms with Gasteiger partial charge in [0.15, 0.2) is 0 Å². The number of likely N-dealkylation sites (tertiary alicyclic amines) is 1. The Labute approximate surface area is 130 Å².